The van der Waals surface area contributed by atoms with Gasteiger partial charge in [-0.25, -0.2) is 0 Å². The average molecular weight is 371 g/mol. The number of hydrogen-bond donors (Lipinski definition) is 1. The van der Waals surface area contributed by atoms with Gasteiger partial charge in [0.05, 0.1) is 12.5 Å². The number of aliphatic carboxylic acids is 1. The predicted molar refractivity (Wildman–Crippen MR) is 92.2 cm³/mol. The molecule has 2 bridgehead atoms. The summed E-state index contributed by atoms with van der Waals surface area (Å²) in [6, 6.07) is 5.44. The fourth-order valence-electron chi connectivity index (χ4n) is 3.95. The molecule has 0 radical (unpaired) electrons. The quantitative estimate of drug-likeness (QED) is 0.865. The van der Waals surface area contributed by atoms with Crippen LogP contribution in [0, 0.1) is 5.92 Å². The molecule has 130 valence electrons. The minimum Gasteiger partial charge on any atom is -0.481 e. The molecule has 5 nitrogen and oxygen atoms in total. The molecular formula is C17H20Cl2N2O3. The number of carboxylic acids is 1. The summed E-state index contributed by atoms with van der Waals surface area (Å²) in [5.41, 5.74) is 0.871. The number of amides is 1. The molecule has 0 aromatic heterocycles. The normalized spacial score (nSPS) is 25.9. The van der Waals surface area contributed by atoms with E-state index in [0.29, 0.717) is 23.0 Å². The van der Waals surface area contributed by atoms with Gasteiger partial charge in [-0.05, 0) is 43.0 Å². The number of rotatable bonds is 5. The highest BCUT2D eigenvalue weighted by Gasteiger charge is 2.49. The minimum absolute atomic E-state index is 0.00883. The third kappa shape index (κ3) is 3.53. The van der Waals surface area contributed by atoms with E-state index in [0.717, 1.165) is 18.4 Å². The van der Waals surface area contributed by atoms with E-state index in [1.165, 1.54) is 0 Å². The number of carbonyl (C=O) groups is 2. The topological polar surface area (TPSA) is 60.9 Å². The first-order valence-corrected chi connectivity index (χ1v) is 8.78. The van der Waals surface area contributed by atoms with Gasteiger partial charge < -0.3 is 10.0 Å². The van der Waals surface area contributed by atoms with Gasteiger partial charge in [-0.2, -0.15) is 0 Å². The Balaban J connectivity index is 1.62. The average Bonchev–Trinajstić information content (AvgIpc) is 3.03. The van der Waals surface area contributed by atoms with Gasteiger partial charge in [0.15, 0.2) is 0 Å². The predicted octanol–water partition coefficient (Wildman–Crippen LogP) is 2.89. The number of likely N-dealkylation sites (N-methyl/N-ethyl adjacent to an activating group) is 1. The summed E-state index contributed by atoms with van der Waals surface area (Å²) in [6.07, 6.45) is 2.50. The Kier molecular flexibility index (Phi) is 5.04. The molecule has 0 aliphatic carbocycles. The second-order valence-electron chi connectivity index (χ2n) is 6.68. The van der Waals surface area contributed by atoms with Crippen LogP contribution in [0.25, 0.3) is 0 Å². The number of carbonyl (C=O) groups excluding carboxylic acids is 1. The maximum absolute atomic E-state index is 12.5. The van der Waals surface area contributed by atoms with E-state index in [-0.39, 0.29) is 30.5 Å². The van der Waals surface area contributed by atoms with Crippen molar-refractivity contribution in [3.63, 3.8) is 0 Å². The Morgan fingerprint density at radius 1 is 1.25 bits per heavy atom. The summed E-state index contributed by atoms with van der Waals surface area (Å²) in [7, 11) is 1.74. The molecule has 0 spiro atoms. The first kappa shape index (κ1) is 17.5. The number of halogens is 2. The number of fused-ring (bicyclic) bond motifs is 2. The molecule has 2 saturated heterocycles. The smallest absolute Gasteiger partial charge is 0.308 e. The fourth-order valence-corrected chi connectivity index (χ4v) is 4.53. The van der Waals surface area contributed by atoms with Crippen molar-refractivity contribution < 1.29 is 14.7 Å². The monoisotopic (exact) mass is 370 g/mol. The van der Waals surface area contributed by atoms with Crippen LogP contribution in [-0.2, 0) is 16.1 Å². The van der Waals surface area contributed by atoms with Crippen LogP contribution in [0.1, 0.15) is 24.8 Å². The van der Waals surface area contributed by atoms with E-state index in [1.54, 1.807) is 30.1 Å². The van der Waals surface area contributed by atoms with Crippen LogP contribution < -0.4 is 0 Å². The highest BCUT2D eigenvalue weighted by atomic mass is 35.5. The second kappa shape index (κ2) is 6.90. The van der Waals surface area contributed by atoms with Crippen molar-refractivity contribution in [2.75, 3.05) is 13.6 Å². The lowest BCUT2D eigenvalue weighted by atomic mass is 9.89. The van der Waals surface area contributed by atoms with Gasteiger partial charge >= 0.3 is 5.97 Å². The van der Waals surface area contributed by atoms with Gasteiger partial charge in [0.2, 0.25) is 5.91 Å². The molecule has 2 fully saturated rings. The molecule has 3 unspecified atom stereocenters. The summed E-state index contributed by atoms with van der Waals surface area (Å²) >= 11 is 12.0. The number of benzene rings is 1. The first-order chi connectivity index (χ1) is 11.3. The summed E-state index contributed by atoms with van der Waals surface area (Å²) in [4.78, 5) is 27.6. The molecule has 3 atom stereocenters. The van der Waals surface area contributed by atoms with E-state index in [2.05, 4.69) is 4.90 Å². The lowest BCUT2D eigenvalue weighted by Crippen LogP contribution is -2.41. The first-order valence-electron chi connectivity index (χ1n) is 8.02. The summed E-state index contributed by atoms with van der Waals surface area (Å²) in [6.45, 7) is 0.689. The Morgan fingerprint density at radius 3 is 2.50 bits per heavy atom. The van der Waals surface area contributed by atoms with Crippen molar-refractivity contribution in [2.45, 2.75) is 37.9 Å². The summed E-state index contributed by atoms with van der Waals surface area (Å²) < 4.78 is 0. The van der Waals surface area contributed by atoms with Crippen LogP contribution >= 0.6 is 23.2 Å². The van der Waals surface area contributed by atoms with Crippen molar-refractivity contribution in [1.82, 2.24) is 9.80 Å². The zero-order chi connectivity index (χ0) is 17.4. The van der Waals surface area contributed by atoms with Crippen LogP contribution in [0.15, 0.2) is 18.2 Å². The molecule has 1 amide bonds. The van der Waals surface area contributed by atoms with Gasteiger partial charge in [0.25, 0.3) is 0 Å². The molecular weight excluding hydrogens is 351 g/mol. The number of carboxylic acid groups (broad SMARTS) is 1. The van der Waals surface area contributed by atoms with Crippen LogP contribution in [0.2, 0.25) is 10.0 Å². The molecule has 0 saturated carbocycles. The van der Waals surface area contributed by atoms with Crippen LogP contribution in [0.5, 0.6) is 0 Å². The summed E-state index contributed by atoms with van der Waals surface area (Å²) in [5, 5.41) is 10.4. The Hall–Kier alpha value is -1.30. The van der Waals surface area contributed by atoms with Crippen molar-refractivity contribution in [3.8, 4) is 0 Å². The second-order valence-corrected chi connectivity index (χ2v) is 7.55. The highest BCUT2D eigenvalue weighted by molar-refractivity contribution is 6.34. The molecule has 2 aliphatic rings. The molecule has 7 heteroatoms. The van der Waals surface area contributed by atoms with E-state index in [9.17, 15) is 14.7 Å². The molecule has 1 N–H and O–H groups in total. The fraction of sp³-hybridized carbons (Fsp3) is 0.529. The van der Waals surface area contributed by atoms with Gasteiger partial charge in [-0.3, -0.25) is 14.5 Å². The van der Waals surface area contributed by atoms with Gasteiger partial charge in [0, 0.05) is 35.7 Å². The molecule has 2 heterocycles. The SMILES string of the molecule is CN(Cc1cc(Cl)cc(Cl)c1)C(=O)CN1C2CCC1C(C(=O)O)C2. The standard InChI is InChI=1S/C17H20Cl2N2O3/c1-20(8-10-4-11(18)6-12(19)5-10)16(22)9-21-13-2-3-15(21)14(7-13)17(23)24/h4-6,13-15H,2-3,7-9H2,1H3,(H,23,24). The third-order valence-corrected chi connectivity index (χ3v) is 5.52. The maximum atomic E-state index is 12.5. The zero-order valence-corrected chi connectivity index (χ0v) is 14.9. The van der Waals surface area contributed by atoms with Gasteiger partial charge in [-0.1, -0.05) is 23.2 Å². The number of nitrogens with zero attached hydrogens (tertiary/aromatic N) is 2. The largest absolute Gasteiger partial charge is 0.481 e. The van der Waals surface area contributed by atoms with Crippen molar-refractivity contribution in [1.29, 1.82) is 0 Å². The Labute approximate surface area is 151 Å². The molecule has 1 aromatic carbocycles. The van der Waals surface area contributed by atoms with E-state index >= 15 is 0 Å². The van der Waals surface area contributed by atoms with Crippen molar-refractivity contribution in [2.24, 2.45) is 5.92 Å². The zero-order valence-electron chi connectivity index (χ0n) is 13.4. The van der Waals surface area contributed by atoms with Crippen LogP contribution in [-0.4, -0.2) is 52.5 Å². The summed E-state index contributed by atoms with van der Waals surface area (Å²) in [5.74, 6) is -1.11. The minimum atomic E-state index is -0.749. The third-order valence-electron chi connectivity index (χ3n) is 5.08. The van der Waals surface area contributed by atoms with E-state index in [4.69, 9.17) is 23.2 Å². The van der Waals surface area contributed by atoms with Gasteiger partial charge in [0.1, 0.15) is 0 Å². The highest BCUT2D eigenvalue weighted by Crippen LogP contribution is 2.41. The molecule has 24 heavy (non-hydrogen) atoms. The molecule has 1 aromatic rings. The lowest BCUT2D eigenvalue weighted by Gasteiger charge is -2.25. The number of hydrogen-bond acceptors (Lipinski definition) is 3. The van der Waals surface area contributed by atoms with E-state index in [1.807, 2.05) is 0 Å². The molecule has 3 rings (SSSR count). The van der Waals surface area contributed by atoms with Crippen molar-refractivity contribution in [3.05, 3.63) is 33.8 Å². The molecule has 2 aliphatic heterocycles. The van der Waals surface area contributed by atoms with Crippen LogP contribution in [0.4, 0.5) is 0 Å². The van der Waals surface area contributed by atoms with Crippen LogP contribution in [0.3, 0.4) is 0 Å². The lowest BCUT2D eigenvalue weighted by molar-refractivity contribution is -0.143. The van der Waals surface area contributed by atoms with E-state index < -0.39 is 5.97 Å². The Bertz CT molecular complexity index is 647. The van der Waals surface area contributed by atoms with Gasteiger partial charge in [-0.15, -0.1) is 0 Å². The maximum Gasteiger partial charge on any atom is 0.308 e. The van der Waals surface area contributed by atoms with Crippen molar-refractivity contribution >= 4 is 35.1 Å². The Morgan fingerprint density at radius 2 is 1.92 bits per heavy atom.